The van der Waals surface area contributed by atoms with E-state index in [0.717, 1.165) is 11.5 Å². The van der Waals surface area contributed by atoms with Crippen molar-refractivity contribution in [2.24, 2.45) is 0 Å². The van der Waals surface area contributed by atoms with Gasteiger partial charge >= 0.3 is 0 Å². The lowest BCUT2D eigenvalue weighted by Gasteiger charge is -1.94. The monoisotopic (exact) mass is 166 g/mol. The van der Waals surface area contributed by atoms with Crippen LogP contribution in [0.2, 0.25) is 0 Å². The second-order valence-electron chi connectivity index (χ2n) is 2.48. The molecule has 2 rings (SSSR count). The van der Waals surface area contributed by atoms with Gasteiger partial charge in [0.2, 0.25) is 5.88 Å². The number of hydrogen-bond donors (Lipinski definition) is 1. The first kappa shape index (κ1) is 7.15. The van der Waals surface area contributed by atoms with E-state index in [-0.39, 0.29) is 0 Å². The first-order valence-corrected chi connectivity index (χ1v) is 3.85. The highest BCUT2D eigenvalue weighted by molar-refractivity contribution is 5.40. The quantitative estimate of drug-likeness (QED) is 0.716. The van der Waals surface area contributed by atoms with E-state index < -0.39 is 0 Å². The molecule has 64 valence electrons. The molecule has 0 unspecified atom stereocenters. The van der Waals surface area contributed by atoms with Crippen LogP contribution in [0.15, 0.2) is 6.07 Å². The molecule has 0 aromatic carbocycles. The molecular weight excluding hydrogens is 156 g/mol. The minimum Gasteiger partial charge on any atom is -0.478 e. The van der Waals surface area contributed by atoms with Crippen LogP contribution in [0.5, 0.6) is 5.88 Å². The Hall–Kier alpha value is -1.52. The summed E-state index contributed by atoms with van der Waals surface area (Å²) in [4.78, 5) is 4.16. The van der Waals surface area contributed by atoms with Gasteiger partial charge in [0.05, 0.1) is 6.61 Å². The van der Waals surface area contributed by atoms with E-state index in [1.807, 2.05) is 19.9 Å². The van der Waals surface area contributed by atoms with Gasteiger partial charge in [0.1, 0.15) is 5.82 Å². The van der Waals surface area contributed by atoms with Crippen molar-refractivity contribution in [2.45, 2.75) is 13.8 Å². The minimum absolute atomic E-state index is 0.642. The zero-order valence-electron chi connectivity index (χ0n) is 7.03. The lowest BCUT2D eigenvalue weighted by atomic mass is 10.6. The summed E-state index contributed by atoms with van der Waals surface area (Å²) in [6.45, 7) is 4.42. The summed E-state index contributed by atoms with van der Waals surface area (Å²) in [5.41, 5.74) is 0.788. The number of aryl methyl sites for hydroxylation is 1. The van der Waals surface area contributed by atoms with E-state index in [9.17, 15) is 0 Å². The van der Waals surface area contributed by atoms with Gasteiger partial charge in [-0.2, -0.15) is 4.63 Å². The molecular formula is C7H10N4O. The van der Waals surface area contributed by atoms with Crippen LogP contribution in [-0.2, 0) is 0 Å². The number of ether oxygens (including phenoxy) is 1. The Morgan fingerprint density at radius 2 is 2.50 bits per heavy atom. The van der Waals surface area contributed by atoms with Gasteiger partial charge in [-0.25, -0.2) is 10.1 Å². The molecule has 0 aliphatic carbocycles. The number of H-pyrrole nitrogens is 1. The number of nitrogens with zero attached hydrogens (tertiary/aromatic N) is 3. The second kappa shape index (κ2) is 2.51. The Morgan fingerprint density at radius 1 is 1.67 bits per heavy atom. The van der Waals surface area contributed by atoms with Crippen molar-refractivity contribution in [3.05, 3.63) is 11.9 Å². The summed E-state index contributed by atoms with van der Waals surface area (Å²) in [6.07, 6.45) is 0. The number of aromatic amines is 1. The molecule has 12 heavy (non-hydrogen) atoms. The molecule has 0 bridgehead atoms. The fourth-order valence-electron chi connectivity index (χ4n) is 1.09. The molecule has 0 aliphatic rings. The summed E-state index contributed by atoms with van der Waals surface area (Å²) in [5.74, 6) is 1.46. The standard InChI is InChI=1S/C7H10N4O/c1-3-12-7-4-6-8-5(2)9-11(6)10-7/h4,10H,3H2,1-2H3. The Morgan fingerprint density at radius 3 is 3.17 bits per heavy atom. The normalized spacial score (nSPS) is 10.8. The van der Waals surface area contributed by atoms with Gasteiger partial charge in [-0.05, 0) is 13.8 Å². The van der Waals surface area contributed by atoms with E-state index in [2.05, 4.69) is 15.2 Å². The van der Waals surface area contributed by atoms with Gasteiger partial charge in [-0.3, -0.25) is 0 Å². The maximum atomic E-state index is 5.23. The van der Waals surface area contributed by atoms with Gasteiger partial charge in [0.15, 0.2) is 5.65 Å². The van der Waals surface area contributed by atoms with Crippen LogP contribution < -0.4 is 4.74 Å². The van der Waals surface area contributed by atoms with E-state index in [1.165, 1.54) is 0 Å². The van der Waals surface area contributed by atoms with Crippen molar-refractivity contribution < 1.29 is 4.74 Å². The molecule has 5 heteroatoms. The van der Waals surface area contributed by atoms with E-state index in [4.69, 9.17) is 4.74 Å². The minimum atomic E-state index is 0.642. The fraction of sp³-hybridized carbons (Fsp3) is 0.429. The maximum Gasteiger partial charge on any atom is 0.211 e. The summed E-state index contributed by atoms with van der Waals surface area (Å²) < 4.78 is 6.83. The lowest BCUT2D eigenvalue weighted by Crippen LogP contribution is -1.93. The van der Waals surface area contributed by atoms with Crippen molar-refractivity contribution in [1.82, 2.24) is 19.8 Å². The molecule has 0 aliphatic heterocycles. The van der Waals surface area contributed by atoms with Crippen LogP contribution >= 0.6 is 0 Å². The van der Waals surface area contributed by atoms with Crippen LogP contribution in [0, 0.1) is 6.92 Å². The summed E-state index contributed by atoms with van der Waals surface area (Å²) in [5, 5.41) is 7.02. The van der Waals surface area contributed by atoms with Gasteiger partial charge in [0.25, 0.3) is 0 Å². The fourth-order valence-corrected chi connectivity index (χ4v) is 1.09. The number of nitrogens with one attached hydrogen (secondary N) is 1. The van der Waals surface area contributed by atoms with E-state index in [1.54, 1.807) is 4.63 Å². The lowest BCUT2D eigenvalue weighted by molar-refractivity contribution is 0.324. The highest BCUT2D eigenvalue weighted by Gasteiger charge is 2.03. The Labute approximate surface area is 69.3 Å². The topological polar surface area (TPSA) is 55.2 Å². The molecule has 2 aromatic rings. The second-order valence-corrected chi connectivity index (χ2v) is 2.48. The summed E-state index contributed by atoms with van der Waals surface area (Å²) in [6, 6.07) is 1.82. The van der Waals surface area contributed by atoms with E-state index >= 15 is 0 Å². The average Bonchev–Trinajstić information content (AvgIpc) is 2.44. The maximum absolute atomic E-state index is 5.23. The first-order chi connectivity index (χ1) is 5.79. The molecule has 0 saturated heterocycles. The molecule has 0 spiro atoms. The third-order valence-corrected chi connectivity index (χ3v) is 1.51. The zero-order valence-corrected chi connectivity index (χ0v) is 7.03. The number of fused-ring (bicyclic) bond motifs is 1. The Kier molecular flexibility index (Phi) is 1.49. The molecule has 0 atom stereocenters. The summed E-state index contributed by atoms with van der Waals surface area (Å²) in [7, 11) is 0. The molecule has 5 nitrogen and oxygen atoms in total. The number of hydrogen-bond acceptors (Lipinski definition) is 3. The molecule has 0 radical (unpaired) electrons. The van der Waals surface area contributed by atoms with Crippen LogP contribution in [0.25, 0.3) is 5.65 Å². The Bertz CT molecular complexity index is 357. The van der Waals surface area contributed by atoms with Gasteiger partial charge in [-0.1, -0.05) is 0 Å². The van der Waals surface area contributed by atoms with Crippen molar-refractivity contribution >= 4 is 5.65 Å². The SMILES string of the molecule is CCOc1cc2nc(C)nn2[nH]1. The van der Waals surface area contributed by atoms with Crippen molar-refractivity contribution in [3.8, 4) is 5.88 Å². The number of aromatic nitrogens is 4. The molecule has 0 amide bonds. The van der Waals surface area contributed by atoms with E-state index in [0.29, 0.717) is 12.5 Å². The predicted molar refractivity (Wildman–Crippen MR) is 43.2 cm³/mol. The highest BCUT2D eigenvalue weighted by atomic mass is 16.5. The smallest absolute Gasteiger partial charge is 0.211 e. The third kappa shape index (κ3) is 1.03. The van der Waals surface area contributed by atoms with Crippen molar-refractivity contribution in [1.29, 1.82) is 0 Å². The van der Waals surface area contributed by atoms with Crippen LogP contribution in [0.4, 0.5) is 0 Å². The molecule has 1 N–H and O–H groups in total. The first-order valence-electron chi connectivity index (χ1n) is 3.85. The predicted octanol–water partition coefficient (Wildman–Crippen LogP) is 0.765. The zero-order chi connectivity index (χ0) is 8.55. The largest absolute Gasteiger partial charge is 0.478 e. The highest BCUT2D eigenvalue weighted by Crippen LogP contribution is 2.10. The van der Waals surface area contributed by atoms with Crippen molar-refractivity contribution in [3.63, 3.8) is 0 Å². The number of rotatable bonds is 2. The van der Waals surface area contributed by atoms with Crippen LogP contribution in [0.1, 0.15) is 12.7 Å². The van der Waals surface area contributed by atoms with Crippen LogP contribution in [0.3, 0.4) is 0 Å². The summed E-state index contributed by atoms with van der Waals surface area (Å²) >= 11 is 0. The Balaban J connectivity index is 2.43. The third-order valence-electron chi connectivity index (χ3n) is 1.51. The van der Waals surface area contributed by atoms with Crippen molar-refractivity contribution in [2.75, 3.05) is 6.61 Å². The molecule has 0 fully saturated rings. The molecule has 0 saturated carbocycles. The van der Waals surface area contributed by atoms with Gasteiger partial charge < -0.3 is 4.74 Å². The van der Waals surface area contributed by atoms with Crippen LogP contribution in [-0.4, -0.2) is 26.4 Å². The molecule has 2 heterocycles. The average molecular weight is 166 g/mol. The van der Waals surface area contributed by atoms with Gasteiger partial charge in [0, 0.05) is 6.07 Å². The molecule has 2 aromatic heterocycles. The van der Waals surface area contributed by atoms with Gasteiger partial charge in [-0.15, -0.1) is 5.10 Å².